The van der Waals surface area contributed by atoms with Crippen LogP contribution >= 0.6 is 0 Å². The lowest BCUT2D eigenvalue weighted by atomic mass is 10.2. The smallest absolute Gasteiger partial charge is 0.258 e. The molecule has 4 rings (SSSR count). The zero-order valence-electron chi connectivity index (χ0n) is 16.4. The van der Waals surface area contributed by atoms with Gasteiger partial charge in [-0.1, -0.05) is 18.2 Å². The van der Waals surface area contributed by atoms with Gasteiger partial charge in [0.05, 0.1) is 30.7 Å². The van der Waals surface area contributed by atoms with E-state index in [0.717, 1.165) is 24.3 Å². The van der Waals surface area contributed by atoms with Crippen molar-refractivity contribution in [1.29, 1.82) is 0 Å². The molecule has 8 heteroatoms. The molecular formula is C21H22N6O2. The standard InChI is InChI=1S/C21H22N6O2/c1-3-29-20-17(19(28)24-12-16-11-22-14(2)10-23-16)13-25-21(26-20)27-9-8-15-6-4-5-7-18(15)27/h4-7,10-11,13H,3,8-9,12H2,1-2H3,(H,24,28). The number of anilines is 2. The minimum atomic E-state index is -0.316. The van der Waals surface area contributed by atoms with E-state index >= 15 is 0 Å². The van der Waals surface area contributed by atoms with E-state index in [1.807, 2.05) is 30.9 Å². The molecule has 0 atom stereocenters. The predicted octanol–water partition coefficient (Wildman–Crippen LogP) is 2.60. The van der Waals surface area contributed by atoms with Gasteiger partial charge < -0.3 is 15.0 Å². The van der Waals surface area contributed by atoms with Gasteiger partial charge in [-0.3, -0.25) is 14.8 Å². The molecule has 1 aromatic carbocycles. The van der Waals surface area contributed by atoms with E-state index in [9.17, 15) is 4.79 Å². The van der Waals surface area contributed by atoms with Gasteiger partial charge in [-0.25, -0.2) is 4.98 Å². The van der Waals surface area contributed by atoms with Crippen LogP contribution in [-0.2, 0) is 13.0 Å². The molecule has 1 aliphatic rings. The van der Waals surface area contributed by atoms with Crippen LogP contribution in [0.15, 0.2) is 42.9 Å². The Kier molecular flexibility index (Phi) is 5.33. The molecule has 3 heterocycles. The summed E-state index contributed by atoms with van der Waals surface area (Å²) in [5.41, 5.74) is 4.14. The highest BCUT2D eigenvalue weighted by Crippen LogP contribution is 2.33. The molecule has 0 bridgehead atoms. The maximum Gasteiger partial charge on any atom is 0.258 e. The molecule has 1 N–H and O–H groups in total. The lowest BCUT2D eigenvalue weighted by Gasteiger charge is -2.18. The van der Waals surface area contributed by atoms with Crippen molar-refractivity contribution in [2.24, 2.45) is 0 Å². The maximum atomic E-state index is 12.7. The molecule has 0 saturated carbocycles. The largest absolute Gasteiger partial charge is 0.477 e. The fourth-order valence-electron chi connectivity index (χ4n) is 3.21. The highest BCUT2D eigenvalue weighted by molar-refractivity contribution is 5.96. The van der Waals surface area contributed by atoms with Crippen molar-refractivity contribution in [1.82, 2.24) is 25.3 Å². The van der Waals surface area contributed by atoms with Crippen LogP contribution in [0.1, 0.15) is 34.2 Å². The van der Waals surface area contributed by atoms with Gasteiger partial charge in [0.15, 0.2) is 0 Å². The number of fused-ring (bicyclic) bond motifs is 1. The predicted molar refractivity (Wildman–Crippen MR) is 108 cm³/mol. The van der Waals surface area contributed by atoms with Crippen molar-refractivity contribution in [3.05, 3.63) is 65.4 Å². The number of ether oxygens (including phenoxy) is 1. The highest BCUT2D eigenvalue weighted by Gasteiger charge is 2.24. The third-order valence-electron chi connectivity index (χ3n) is 4.66. The van der Waals surface area contributed by atoms with Crippen molar-refractivity contribution >= 4 is 17.5 Å². The third-order valence-corrected chi connectivity index (χ3v) is 4.66. The third kappa shape index (κ3) is 4.01. The van der Waals surface area contributed by atoms with Crippen LogP contribution in [0.25, 0.3) is 0 Å². The molecule has 29 heavy (non-hydrogen) atoms. The van der Waals surface area contributed by atoms with Crippen molar-refractivity contribution in [3.63, 3.8) is 0 Å². The lowest BCUT2D eigenvalue weighted by molar-refractivity contribution is 0.0945. The second-order valence-corrected chi connectivity index (χ2v) is 6.68. The highest BCUT2D eigenvalue weighted by atomic mass is 16.5. The summed E-state index contributed by atoms with van der Waals surface area (Å²) in [4.78, 5) is 32.1. The molecule has 0 fully saturated rings. The van der Waals surface area contributed by atoms with Crippen LogP contribution in [0.3, 0.4) is 0 Å². The van der Waals surface area contributed by atoms with E-state index < -0.39 is 0 Å². The minimum Gasteiger partial charge on any atom is -0.477 e. The number of hydrogen-bond acceptors (Lipinski definition) is 7. The van der Waals surface area contributed by atoms with Crippen molar-refractivity contribution in [3.8, 4) is 5.88 Å². The monoisotopic (exact) mass is 390 g/mol. The van der Waals surface area contributed by atoms with Crippen molar-refractivity contribution in [2.45, 2.75) is 26.8 Å². The number of nitrogens with zero attached hydrogens (tertiary/aromatic N) is 5. The number of rotatable bonds is 6. The van der Waals surface area contributed by atoms with Gasteiger partial charge in [-0.2, -0.15) is 4.98 Å². The lowest BCUT2D eigenvalue weighted by Crippen LogP contribution is -2.25. The fourth-order valence-corrected chi connectivity index (χ4v) is 3.21. The maximum absolute atomic E-state index is 12.7. The number of hydrogen-bond donors (Lipinski definition) is 1. The van der Waals surface area contributed by atoms with E-state index in [4.69, 9.17) is 4.74 Å². The van der Waals surface area contributed by atoms with E-state index in [1.165, 1.54) is 11.8 Å². The quantitative estimate of drug-likeness (QED) is 0.691. The van der Waals surface area contributed by atoms with Gasteiger partial charge in [0, 0.05) is 24.6 Å². The van der Waals surface area contributed by atoms with E-state index in [-0.39, 0.29) is 18.3 Å². The first kappa shape index (κ1) is 18.8. The number of carbonyl (C=O) groups excluding carboxylic acids is 1. The first-order valence-electron chi connectivity index (χ1n) is 9.56. The van der Waals surface area contributed by atoms with Gasteiger partial charge >= 0.3 is 0 Å². The Morgan fingerprint density at radius 2 is 2.03 bits per heavy atom. The molecule has 0 spiro atoms. The number of aromatic nitrogens is 4. The first-order valence-corrected chi connectivity index (χ1v) is 9.56. The van der Waals surface area contributed by atoms with Crippen molar-refractivity contribution < 1.29 is 9.53 Å². The Bertz CT molecular complexity index is 1020. The van der Waals surface area contributed by atoms with Crippen LogP contribution in [0.5, 0.6) is 5.88 Å². The van der Waals surface area contributed by atoms with E-state index in [1.54, 1.807) is 12.4 Å². The molecule has 0 aliphatic carbocycles. The first-order chi connectivity index (χ1) is 14.2. The van der Waals surface area contributed by atoms with Gasteiger partial charge in [-0.05, 0) is 31.9 Å². The summed E-state index contributed by atoms with van der Waals surface area (Å²) in [6.07, 6.45) is 5.76. The summed E-state index contributed by atoms with van der Waals surface area (Å²) in [6, 6.07) is 8.18. The summed E-state index contributed by atoms with van der Waals surface area (Å²) >= 11 is 0. The number of carbonyl (C=O) groups is 1. The number of nitrogens with one attached hydrogen (secondary N) is 1. The molecule has 8 nitrogen and oxygen atoms in total. The Hall–Kier alpha value is -3.55. The minimum absolute atomic E-state index is 0.263. The van der Waals surface area contributed by atoms with Crippen LogP contribution in [0.2, 0.25) is 0 Å². The Labute approximate surface area is 169 Å². The van der Waals surface area contributed by atoms with Crippen molar-refractivity contribution in [2.75, 3.05) is 18.1 Å². The summed E-state index contributed by atoms with van der Waals surface area (Å²) in [5, 5.41) is 2.82. The summed E-state index contributed by atoms with van der Waals surface area (Å²) in [6.45, 7) is 5.18. The Balaban J connectivity index is 1.54. The molecule has 1 amide bonds. The van der Waals surface area contributed by atoms with E-state index in [2.05, 4.69) is 37.4 Å². The molecule has 0 radical (unpaired) electrons. The van der Waals surface area contributed by atoms with Crippen LogP contribution in [0, 0.1) is 6.92 Å². The molecule has 3 aromatic rings. The van der Waals surface area contributed by atoms with Gasteiger partial charge in [0.2, 0.25) is 11.8 Å². The fraction of sp³-hybridized carbons (Fsp3) is 0.286. The normalized spacial score (nSPS) is 12.6. The molecule has 148 valence electrons. The Morgan fingerprint density at radius 1 is 1.17 bits per heavy atom. The zero-order valence-corrected chi connectivity index (χ0v) is 16.4. The SMILES string of the molecule is CCOc1nc(N2CCc3ccccc32)ncc1C(=O)NCc1cnc(C)cn1. The van der Waals surface area contributed by atoms with Crippen LogP contribution < -0.4 is 15.0 Å². The van der Waals surface area contributed by atoms with Gasteiger partial charge in [0.25, 0.3) is 5.91 Å². The number of benzene rings is 1. The molecular weight excluding hydrogens is 368 g/mol. The second-order valence-electron chi connectivity index (χ2n) is 6.68. The average molecular weight is 390 g/mol. The molecule has 2 aromatic heterocycles. The topological polar surface area (TPSA) is 93.1 Å². The van der Waals surface area contributed by atoms with Gasteiger partial charge in [0.1, 0.15) is 5.56 Å². The summed E-state index contributed by atoms with van der Waals surface area (Å²) in [5.74, 6) is 0.484. The number of aryl methyl sites for hydroxylation is 1. The van der Waals surface area contributed by atoms with Crippen LogP contribution in [-0.4, -0.2) is 39.0 Å². The molecule has 0 saturated heterocycles. The molecule has 1 aliphatic heterocycles. The van der Waals surface area contributed by atoms with E-state index in [0.29, 0.717) is 23.8 Å². The second kappa shape index (κ2) is 8.22. The number of para-hydroxylation sites is 1. The summed E-state index contributed by atoms with van der Waals surface area (Å²) in [7, 11) is 0. The van der Waals surface area contributed by atoms with Gasteiger partial charge in [-0.15, -0.1) is 0 Å². The van der Waals surface area contributed by atoms with Crippen LogP contribution in [0.4, 0.5) is 11.6 Å². The zero-order chi connectivity index (χ0) is 20.2. The summed E-state index contributed by atoms with van der Waals surface area (Å²) < 4.78 is 5.65. The average Bonchev–Trinajstić information content (AvgIpc) is 3.17. The molecule has 0 unspecified atom stereocenters. The Morgan fingerprint density at radius 3 is 2.83 bits per heavy atom. The number of amides is 1.